The van der Waals surface area contributed by atoms with E-state index in [-0.39, 0.29) is 5.56 Å². The number of carbonyl (C=O) groups excluding carboxylic acids is 1. The summed E-state index contributed by atoms with van der Waals surface area (Å²) in [5.41, 5.74) is 0.193. The monoisotopic (exact) mass is 340 g/mol. The van der Waals surface area contributed by atoms with Gasteiger partial charge in [0.05, 0.1) is 12.2 Å². The Kier molecular flexibility index (Phi) is 5.81. The highest BCUT2D eigenvalue weighted by atomic mass is 79.9. The first-order valence-electron chi connectivity index (χ1n) is 5.43. The first-order valence-corrected chi connectivity index (χ1v) is 6.23. The van der Waals surface area contributed by atoms with Gasteiger partial charge in [-0.05, 0) is 25.1 Å². The third kappa shape index (κ3) is 5.61. The molecule has 3 nitrogen and oxygen atoms in total. The standard InChI is InChI=1S/C12H12BrF3O3/c1-2-19-11-4-3-8(13)5-9(11)10(17)6-18-7-12(14,15)16/h3-5H,2,6-7H2,1H3. The van der Waals surface area contributed by atoms with Gasteiger partial charge in [0.15, 0.2) is 5.78 Å². The van der Waals surface area contributed by atoms with Crippen molar-refractivity contribution in [2.75, 3.05) is 19.8 Å². The van der Waals surface area contributed by atoms with E-state index < -0.39 is 25.2 Å². The lowest BCUT2D eigenvalue weighted by atomic mass is 10.1. The van der Waals surface area contributed by atoms with Crippen molar-refractivity contribution in [2.45, 2.75) is 13.1 Å². The number of alkyl halides is 3. The number of ketones is 1. The van der Waals surface area contributed by atoms with Crippen LogP contribution in [0.3, 0.4) is 0 Å². The summed E-state index contributed by atoms with van der Waals surface area (Å²) in [5, 5.41) is 0. The minimum absolute atomic E-state index is 0.193. The molecule has 19 heavy (non-hydrogen) atoms. The average molecular weight is 341 g/mol. The molecule has 1 aromatic rings. The summed E-state index contributed by atoms with van der Waals surface area (Å²) in [7, 11) is 0. The number of halogens is 4. The molecule has 0 atom stereocenters. The van der Waals surface area contributed by atoms with E-state index in [0.717, 1.165) is 0 Å². The van der Waals surface area contributed by atoms with E-state index in [1.165, 1.54) is 6.07 Å². The first-order chi connectivity index (χ1) is 8.83. The van der Waals surface area contributed by atoms with Crippen LogP contribution in [0.4, 0.5) is 13.2 Å². The van der Waals surface area contributed by atoms with Gasteiger partial charge in [-0.2, -0.15) is 13.2 Å². The zero-order valence-corrected chi connectivity index (χ0v) is 11.7. The fourth-order valence-electron chi connectivity index (χ4n) is 1.34. The highest BCUT2D eigenvalue weighted by Gasteiger charge is 2.28. The maximum Gasteiger partial charge on any atom is 0.411 e. The van der Waals surface area contributed by atoms with Crippen LogP contribution in [-0.2, 0) is 4.74 Å². The minimum atomic E-state index is -4.44. The second kappa shape index (κ2) is 6.91. The van der Waals surface area contributed by atoms with Crippen molar-refractivity contribution in [3.05, 3.63) is 28.2 Å². The van der Waals surface area contributed by atoms with Crippen LogP contribution >= 0.6 is 15.9 Å². The fraction of sp³-hybridized carbons (Fsp3) is 0.417. The summed E-state index contributed by atoms with van der Waals surface area (Å²) >= 11 is 3.19. The molecule has 7 heteroatoms. The Bertz CT molecular complexity index is 446. The molecular formula is C12H12BrF3O3. The predicted molar refractivity (Wildman–Crippen MR) is 66.5 cm³/mol. The van der Waals surface area contributed by atoms with E-state index in [0.29, 0.717) is 16.8 Å². The zero-order chi connectivity index (χ0) is 14.5. The highest BCUT2D eigenvalue weighted by molar-refractivity contribution is 9.10. The lowest BCUT2D eigenvalue weighted by molar-refractivity contribution is -0.170. The molecule has 0 spiro atoms. The van der Waals surface area contributed by atoms with Gasteiger partial charge in [0.25, 0.3) is 0 Å². The van der Waals surface area contributed by atoms with Crippen molar-refractivity contribution >= 4 is 21.7 Å². The van der Waals surface area contributed by atoms with Gasteiger partial charge in [-0.3, -0.25) is 4.79 Å². The van der Waals surface area contributed by atoms with Crippen LogP contribution in [0.5, 0.6) is 5.75 Å². The van der Waals surface area contributed by atoms with E-state index in [1.54, 1.807) is 19.1 Å². The maximum absolute atomic E-state index is 11.9. The Labute approximate surface area is 116 Å². The molecule has 0 aliphatic rings. The molecule has 0 saturated carbocycles. The quantitative estimate of drug-likeness (QED) is 0.742. The molecular weight excluding hydrogens is 329 g/mol. The Hall–Kier alpha value is -1.08. The third-order valence-electron chi connectivity index (χ3n) is 2.04. The topological polar surface area (TPSA) is 35.5 Å². The molecule has 0 heterocycles. The number of rotatable bonds is 6. The van der Waals surface area contributed by atoms with E-state index in [1.807, 2.05) is 0 Å². The number of benzene rings is 1. The normalized spacial score (nSPS) is 11.4. The molecule has 0 amide bonds. The second-order valence-electron chi connectivity index (χ2n) is 3.60. The number of hydrogen-bond donors (Lipinski definition) is 0. The average Bonchev–Trinajstić information content (AvgIpc) is 2.30. The Morgan fingerprint density at radius 1 is 1.37 bits per heavy atom. The summed E-state index contributed by atoms with van der Waals surface area (Å²) < 4.78 is 45.9. The van der Waals surface area contributed by atoms with E-state index >= 15 is 0 Å². The Balaban J connectivity index is 2.72. The van der Waals surface area contributed by atoms with Crippen molar-refractivity contribution in [1.29, 1.82) is 0 Å². The van der Waals surface area contributed by atoms with E-state index in [4.69, 9.17) is 4.74 Å². The van der Waals surface area contributed by atoms with Gasteiger partial charge in [-0.1, -0.05) is 15.9 Å². The van der Waals surface area contributed by atoms with Crippen LogP contribution in [-0.4, -0.2) is 31.8 Å². The van der Waals surface area contributed by atoms with Gasteiger partial charge in [-0.25, -0.2) is 0 Å². The molecule has 0 fully saturated rings. The third-order valence-corrected chi connectivity index (χ3v) is 2.53. The molecule has 1 rings (SSSR count). The van der Waals surface area contributed by atoms with Crippen molar-refractivity contribution in [3.63, 3.8) is 0 Å². The molecule has 0 saturated heterocycles. The van der Waals surface area contributed by atoms with Crippen molar-refractivity contribution in [3.8, 4) is 5.75 Å². The van der Waals surface area contributed by atoms with Gasteiger partial charge < -0.3 is 9.47 Å². The van der Waals surface area contributed by atoms with Crippen LogP contribution in [0.1, 0.15) is 17.3 Å². The summed E-state index contributed by atoms with van der Waals surface area (Å²) in [6, 6.07) is 4.74. The van der Waals surface area contributed by atoms with Crippen LogP contribution in [0.15, 0.2) is 22.7 Å². The number of Topliss-reactive ketones (excluding diaryl/α,β-unsaturated/α-hetero) is 1. The van der Waals surface area contributed by atoms with E-state index in [2.05, 4.69) is 20.7 Å². The van der Waals surface area contributed by atoms with Crippen LogP contribution in [0.25, 0.3) is 0 Å². The molecule has 0 bridgehead atoms. The Morgan fingerprint density at radius 3 is 2.63 bits per heavy atom. The second-order valence-corrected chi connectivity index (χ2v) is 4.52. The fourth-order valence-corrected chi connectivity index (χ4v) is 1.70. The predicted octanol–water partition coefficient (Wildman–Crippen LogP) is 3.61. The minimum Gasteiger partial charge on any atom is -0.493 e. The number of carbonyl (C=O) groups is 1. The van der Waals surface area contributed by atoms with Crippen molar-refractivity contribution in [1.82, 2.24) is 0 Å². The molecule has 106 valence electrons. The number of hydrogen-bond acceptors (Lipinski definition) is 3. The first kappa shape index (κ1) is 16.0. The summed E-state index contributed by atoms with van der Waals surface area (Å²) in [6.07, 6.45) is -4.44. The largest absolute Gasteiger partial charge is 0.493 e. The lowest BCUT2D eigenvalue weighted by Gasteiger charge is -2.11. The molecule has 0 N–H and O–H groups in total. The zero-order valence-electron chi connectivity index (χ0n) is 10.1. The van der Waals surface area contributed by atoms with Crippen molar-refractivity contribution < 1.29 is 27.4 Å². The SMILES string of the molecule is CCOc1ccc(Br)cc1C(=O)COCC(F)(F)F. The smallest absolute Gasteiger partial charge is 0.411 e. The summed E-state index contributed by atoms with van der Waals surface area (Å²) in [6.45, 7) is 0.00846. The van der Waals surface area contributed by atoms with Crippen LogP contribution in [0, 0.1) is 0 Å². The van der Waals surface area contributed by atoms with Crippen LogP contribution in [0.2, 0.25) is 0 Å². The van der Waals surface area contributed by atoms with Gasteiger partial charge in [0.2, 0.25) is 0 Å². The molecule has 0 aliphatic heterocycles. The maximum atomic E-state index is 11.9. The van der Waals surface area contributed by atoms with Crippen LogP contribution < -0.4 is 4.74 Å². The highest BCUT2D eigenvalue weighted by Crippen LogP contribution is 2.24. The van der Waals surface area contributed by atoms with Gasteiger partial charge >= 0.3 is 6.18 Å². The molecule has 0 aliphatic carbocycles. The van der Waals surface area contributed by atoms with Gasteiger partial charge in [-0.15, -0.1) is 0 Å². The Morgan fingerprint density at radius 2 is 2.05 bits per heavy atom. The molecule has 0 radical (unpaired) electrons. The van der Waals surface area contributed by atoms with Gasteiger partial charge in [0, 0.05) is 4.47 Å². The summed E-state index contributed by atoms with van der Waals surface area (Å²) in [4.78, 5) is 11.8. The lowest BCUT2D eigenvalue weighted by Crippen LogP contribution is -2.20. The van der Waals surface area contributed by atoms with Crippen molar-refractivity contribution in [2.24, 2.45) is 0 Å². The summed E-state index contributed by atoms with van der Waals surface area (Å²) in [5.74, 6) is -0.236. The molecule has 1 aromatic carbocycles. The van der Waals surface area contributed by atoms with Gasteiger partial charge in [0.1, 0.15) is 19.0 Å². The van der Waals surface area contributed by atoms with E-state index in [9.17, 15) is 18.0 Å². The number of ether oxygens (including phenoxy) is 2. The molecule has 0 aromatic heterocycles. The molecule has 0 unspecified atom stereocenters.